The van der Waals surface area contributed by atoms with E-state index in [1.165, 1.54) is 0 Å². The van der Waals surface area contributed by atoms with Crippen LogP contribution in [-0.4, -0.2) is 35.3 Å². The number of amides is 1. The molecule has 1 heterocycles. The van der Waals surface area contributed by atoms with Gasteiger partial charge in [-0.1, -0.05) is 42.5 Å². The van der Waals surface area contributed by atoms with Crippen LogP contribution >= 0.6 is 0 Å². The summed E-state index contributed by atoms with van der Waals surface area (Å²) < 4.78 is 5.33. The Morgan fingerprint density at radius 3 is 2.44 bits per heavy atom. The lowest BCUT2D eigenvalue weighted by molar-refractivity contribution is -0.158. The number of aliphatic imine (C=N–C) groups is 1. The number of rotatable bonds is 4. The average molecular weight is 366 g/mol. The molecule has 0 spiro atoms. The van der Waals surface area contributed by atoms with Crippen molar-refractivity contribution in [3.63, 3.8) is 0 Å². The lowest BCUT2D eigenvalue weighted by Crippen LogP contribution is -2.51. The van der Waals surface area contributed by atoms with Crippen LogP contribution in [-0.2, 0) is 14.3 Å². The second-order valence-corrected chi connectivity index (χ2v) is 8.03. The zero-order valence-corrected chi connectivity index (χ0v) is 16.4. The first-order valence-electron chi connectivity index (χ1n) is 9.22. The van der Waals surface area contributed by atoms with Crippen molar-refractivity contribution in [2.45, 2.75) is 58.2 Å². The number of benzene rings is 2. The molecule has 0 saturated heterocycles. The minimum Gasteiger partial charge on any atom is -0.458 e. The number of hydrogen-bond donors (Lipinski definition) is 1. The van der Waals surface area contributed by atoms with Crippen LogP contribution < -0.4 is 5.32 Å². The highest BCUT2D eigenvalue weighted by Gasteiger charge is 2.40. The highest BCUT2D eigenvalue weighted by Crippen LogP contribution is 2.36. The van der Waals surface area contributed by atoms with Gasteiger partial charge in [0.15, 0.2) is 0 Å². The number of nitrogens with zero attached hydrogens (tertiary/aromatic N) is 1. The third kappa shape index (κ3) is 4.02. The monoisotopic (exact) mass is 366 g/mol. The van der Waals surface area contributed by atoms with E-state index in [2.05, 4.69) is 28.5 Å². The maximum Gasteiger partial charge on any atom is 0.328 e. The number of hydrogen-bond acceptors (Lipinski definition) is 4. The standard InChI is InChI=1S/C22H26N2O3/c1-13-18(17-12-8-10-15-9-6-7-11-16(15)17)19(23-13)20(25)24-14(2)21(26)27-22(3,4)5/h6-12,14,18-19H,1-5H3,(H,24,25)/t14-,18?,19?/m0/s1. The molecule has 0 saturated carbocycles. The Morgan fingerprint density at radius 2 is 1.78 bits per heavy atom. The number of nitrogens with one attached hydrogen (secondary N) is 1. The number of esters is 1. The van der Waals surface area contributed by atoms with Crippen molar-refractivity contribution in [3.8, 4) is 0 Å². The van der Waals surface area contributed by atoms with Gasteiger partial charge in [-0.25, -0.2) is 4.79 Å². The van der Waals surface area contributed by atoms with Crippen molar-refractivity contribution in [3.05, 3.63) is 48.0 Å². The van der Waals surface area contributed by atoms with Gasteiger partial charge in [-0.2, -0.15) is 0 Å². The Balaban J connectivity index is 1.77. The van der Waals surface area contributed by atoms with E-state index in [1.54, 1.807) is 27.7 Å². The second-order valence-electron chi connectivity index (χ2n) is 8.03. The molecule has 5 nitrogen and oxygen atoms in total. The minimum absolute atomic E-state index is 0.0815. The molecule has 2 aromatic carbocycles. The average Bonchev–Trinajstić information content (AvgIpc) is 2.58. The molecule has 142 valence electrons. The molecule has 2 aromatic rings. The molecule has 0 bridgehead atoms. The first-order valence-corrected chi connectivity index (χ1v) is 9.22. The molecule has 1 N–H and O–H groups in total. The summed E-state index contributed by atoms with van der Waals surface area (Å²) in [4.78, 5) is 29.3. The van der Waals surface area contributed by atoms with Crippen molar-refractivity contribution in [1.29, 1.82) is 0 Å². The number of fused-ring (bicyclic) bond motifs is 1. The Morgan fingerprint density at radius 1 is 1.11 bits per heavy atom. The van der Waals surface area contributed by atoms with E-state index < -0.39 is 23.7 Å². The van der Waals surface area contributed by atoms with Gasteiger partial charge in [0, 0.05) is 5.71 Å². The quantitative estimate of drug-likeness (QED) is 0.841. The Bertz CT molecular complexity index is 906. The molecule has 1 aliphatic rings. The Kier molecular flexibility index (Phi) is 5.05. The van der Waals surface area contributed by atoms with E-state index in [-0.39, 0.29) is 11.8 Å². The van der Waals surface area contributed by atoms with E-state index in [0.29, 0.717) is 0 Å². The Hall–Kier alpha value is -2.69. The van der Waals surface area contributed by atoms with Gasteiger partial charge in [-0.15, -0.1) is 0 Å². The fourth-order valence-corrected chi connectivity index (χ4v) is 3.40. The Labute approximate surface area is 159 Å². The van der Waals surface area contributed by atoms with Crippen LogP contribution in [0.1, 0.15) is 46.1 Å². The molecule has 0 aromatic heterocycles. The van der Waals surface area contributed by atoms with Gasteiger partial charge < -0.3 is 10.1 Å². The van der Waals surface area contributed by atoms with Crippen molar-refractivity contribution in [2.24, 2.45) is 4.99 Å². The molecule has 27 heavy (non-hydrogen) atoms. The van der Waals surface area contributed by atoms with Gasteiger partial charge in [-0.3, -0.25) is 9.79 Å². The van der Waals surface area contributed by atoms with Crippen LogP contribution in [0.25, 0.3) is 10.8 Å². The molecular formula is C22H26N2O3. The van der Waals surface area contributed by atoms with Crippen molar-refractivity contribution < 1.29 is 14.3 Å². The summed E-state index contributed by atoms with van der Waals surface area (Å²) in [6.07, 6.45) is 0. The van der Waals surface area contributed by atoms with Crippen LogP contribution in [0.4, 0.5) is 0 Å². The van der Waals surface area contributed by atoms with Gasteiger partial charge in [0.2, 0.25) is 5.91 Å². The van der Waals surface area contributed by atoms with Crippen LogP contribution in [0.5, 0.6) is 0 Å². The summed E-state index contributed by atoms with van der Waals surface area (Å²) in [5.41, 5.74) is 1.43. The SMILES string of the molecule is CC1=NC(C(=O)N[C@@H](C)C(=O)OC(C)(C)C)C1c1cccc2ccccc12. The lowest BCUT2D eigenvalue weighted by atomic mass is 9.80. The van der Waals surface area contributed by atoms with Crippen molar-refractivity contribution in [2.75, 3.05) is 0 Å². The first-order chi connectivity index (χ1) is 12.7. The van der Waals surface area contributed by atoms with E-state index in [4.69, 9.17) is 4.74 Å². The van der Waals surface area contributed by atoms with Crippen LogP contribution in [0, 0.1) is 0 Å². The minimum atomic E-state index is -0.721. The van der Waals surface area contributed by atoms with Gasteiger partial charge in [-0.05, 0) is 51.0 Å². The topological polar surface area (TPSA) is 67.8 Å². The van der Waals surface area contributed by atoms with Gasteiger partial charge >= 0.3 is 5.97 Å². The maximum absolute atomic E-state index is 12.7. The zero-order valence-electron chi connectivity index (χ0n) is 16.4. The number of carbonyl (C=O) groups excluding carboxylic acids is 2. The summed E-state index contributed by atoms with van der Waals surface area (Å²) in [6, 6.07) is 13.0. The van der Waals surface area contributed by atoms with Gasteiger partial charge in [0.05, 0.1) is 5.92 Å². The van der Waals surface area contributed by atoms with Gasteiger partial charge in [0.25, 0.3) is 0 Å². The predicted molar refractivity (Wildman–Crippen MR) is 107 cm³/mol. The van der Waals surface area contributed by atoms with Gasteiger partial charge in [0.1, 0.15) is 17.7 Å². The molecule has 1 aliphatic heterocycles. The lowest BCUT2D eigenvalue weighted by Gasteiger charge is -2.34. The fraction of sp³-hybridized carbons (Fsp3) is 0.409. The summed E-state index contributed by atoms with van der Waals surface area (Å²) >= 11 is 0. The van der Waals surface area contributed by atoms with Crippen LogP contribution in [0.3, 0.4) is 0 Å². The molecule has 5 heteroatoms. The third-order valence-electron chi connectivity index (χ3n) is 4.65. The summed E-state index contributed by atoms with van der Waals surface area (Å²) in [5, 5.41) is 5.01. The van der Waals surface area contributed by atoms with E-state index in [9.17, 15) is 9.59 Å². The smallest absolute Gasteiger partial charge is 0.328 e. The molecular weight excluding hydrogens is 340 g/mol. The summed E-state index contributed by atoms with van der Waals surface area (Å²) in [5.74, 6) is -0.781. The van der Waals surface area contributed by atoms with Crippen molar-refractivity contribution in [1.82, 2.24) is 5.32 Å². The normalized spacial score (nSPS) is 20.4. The highest BCUT2D eigenvalue weighted by molar-refractivity contribution is 6.06. The predicted octanol–water partition coefficient (Wildman–Crippen LogP) is 3.61. The summed E-state index contributed by atoms with van der Waals surface area (Å²) in [7, 11) is 0. The highest BCUT2D eigenvalue weighted by atomic mass is 16.6. The molecule has 3 atom stereocenters. The summed E-state index contributed by atoms with van der Waals surface area (Å²) in [6.45, 7) is 8.97. The molecule has 0 radical (unpaired) electrons. The molecule has 3 rings (SSSR count). The molecule has 1 amide bonds. The van der Waals surface area contributed by atoms with Crippen molar-refractivity contribution >= 4 is 28.4 Å². The number of ether oxygens (including phenoxy) is 1. The second kappa shape index (κ2) is 7.14. The number of carbonyl (C=O) groups is 2. The maximum atomic E-state index is 12.7. The first kappa shape index (κ1) is 19.1. The molecule has 0 fully saturated rings. The van der Waals surface area contributed by atoms with Crippen LogP contribution in [0.15, 0.2) is 47.5 Å². The van der Waals surface area contributed by atoms with E-state index >= 15 is 0 Å². The van der Waals surface area contributed by atoms with E-state index in [1.807, 2.05) is 31.2 Å². The molecule has 0 aliphatic carbocycles. The fourth-order valence-electron chi connectivity index (χ4n) is 3.40. The van der Waals surface area contributed by atoms with E-state index in [0.717, 1.165) is 22.0 Å². The third-order valence-corrected chi connectivity index (χ3v) is 4.65. The zero-order chi connectivity index (χ0) is 19.8. The van der Waals surface area contributed by atoms with Crippen LogP contribution in [0.2, 0.25) is 0 Å². The molecule has 2 unspecified atom stereocenters. The largest absolute Gasteiger partial charge is 0.458 e.